The van der Waals surface area contributed by atoms with Gasteiger partial charge in [0, 0.05) is 6.07 Å². The first-order valence-corrected chi connectivity index (χ1v) is 7.53. The number of nitrogens with one attached hydrogen (secondary N) is 2. The Morgan fingerprint density at radius 3 is 2.56 bits per heavy atom. The van der Waals surface area contributed by atoms with Gasteiger partial charge in [0.2, 0.25) is 0 Å². The van der Waals surface area contributed by atoms with E-state index in [4.69, 9.17) is 4.84 Å². The molecule has 3 rings (SSSR count). The van der Waals surface area contributed by atoms with Crippen LogP contribution in [0.25, 0.3) is 5.82 Å². The Morgan fingerprint density at radius 1 is 1.19 bits per heavy atom. The van der Waals surface area contributed by atoms with Crippen molar-refractivity contribution in [2.24, 2.45) is 0 Å². The third-order valence-electron chi connectivity index (χ3n) is 3.41. The molecule has 0 radical (unpaired) electrons. The number of rotatable bonds is 5. The highest BCUT2D eigenvalue weighted by atomic mass is 19.4. The molecule has 27 heavy (non-hydrogen) atoms. The lowest BCUT2D eigenvalue weighted by Crippen LogP contribution is -2.27. The lowest BCUT2D eigenvalue weighted by molar-refractivity contribution is -0.143. The fourth-order valence-corrected chi connectivity index (χ4v) is 2.23. The molecule has 0 atom stereocenters. The quantitative estimate of drug-likeness (QED) is 0.659. The first kappa shape index (κ1) is 18.3. The predicted octanol–water partition coefficient (Wildman–Crippen LogP) is 1.84. The maximum atomic E-state index is 13.5. The molecule has 0 aliphatic carbocycles. The number of carbonyl (C=O) groups is 1. The Hall–Kier alpha value is -3.47. The van der Waals surface area contributed by atoms with Crippen LogP contribution in [0.15, 0.2) is 53.5 Å². The van der Waals surface area contributed by atoms with Crippen LogP contribution in [0.4, 0.5) is 13.2 Å². The van der Waals surface area contributed by atoms with Gasteiger partial charge < -0.3 is 0 Å². The molecular weight excluding hydrogens is 367 g/mol. The monoisotopic (exact) mass is 379 g/mol. The van der Waals surface area contributed by atoms with Gasteiger partial charge in [0.1, 0.15) is 0 Å². The summed E-state index contributed by atoms with van der Waals surface area (Å²) in [6.07, 6.45) is -4.16. The second kappa shape index (κ2) is 7.41. The number of benzene rings is 1. The van der Waals surface area contributed by atoms with Crippen molar-refractivity contribution < 1.29 is 22.8 Å². The first-order valence-electron chi connectivity index (χ1n) is 7.53. The van der Waals surface area contributed by atoms with Gasteiger partial charge in [-0.1, -0.05) is 30.3 Å². The molecule has 1 amide bonds. The molecule has 0 unspecified atom stereocenters. The molecular formula is C16H12F3N5O3. The third kappa shape index (κ3) is 4.20. The van der Waals surface area contributed by atoms with Crippen molar-refractivity contribution in [2.45, 2.75) is 12.8 Å². The molecule has 8 nitrogen and oxygen atoms in total. The fraction of sp³-hybridized carbons (Fsp3) is 0.125. The SMILES string of the molecule is O=C(NOCc1ccccc1)c1cnn(-c2ccc(=O)[nH]n2)c1C(F)(F)F. The molecule has 0 fully saturated rings. The van der Waals surface area contributed by atoms with Gasteiger partial charge in [-0.05, 0) is 11.6 Å². The summed E-state index contributed by atoms with van der Waals surface area (Å²) in [5.74, 6) is -1.42. The van der Waals surface area contributed by atoms with Crippen molar-refractivity contribution in [1.29, 1.82) is 0 Å². The van der Waals surface area contributed by atoms with Gasteiger partial charge >= 0.3 is 6.18 Å². The van der Waals surface area contributed by atoms with E-state index in [1.807, 2.05) is 10.6 Å². The minimum atomic E-state index is -4.90. The molecule has 0 aliphatic rings. The molecule has 2 heterocycles. The van der Waals surface area contributed by atoms with Crippen molar-refractivity contribution in [3.8, 4) is 5.82 Å². The molecule has 0 saturated carbocycles. The van der Waals surface area contributed by atoms with E-state index in [2.05, 4.69) is 10.2 Å². The van der Waals surface area contributed by atoms with Gasteiger partial charge in [0.05, 0.1) is 18.4 Å². The zero-order chi connectivity index (χ0) is 19.4. The number of hydrogen-bond donors (Lipinski definition) is 2. The Kier molecular flexibility index (Phi) is 5.03. The summed E-state index contributed by atoms with van der Waals surface area (Å²) in [7, 11) is 0. The molecule has 0 spiro atoms. The van der Waals surface area contributed by atoms with Gasteiger partial charge in [-0.25, -0.2) is 15.3 Å². The summed E-state index contributed by atoms with van der Waals surface area (Å²) < 4.78 is 40.8. The normalized spacial score (nSPS) is 11.4. The summed E-state index contributed by atoms with van der Waals surface area (Å²) in [5, 5.41) is 9.07. The van der Waals surface area contributed by atoms with Crippen molar-refractivity contribution in [2.75, 3.05) is 0 Å². The summed E-state index contributed by atoms with van der Waals surface area (Å²) in [6.45, 7) is -0.0243. The van der Waals surface area contributed by atoms with Crippen LogP contribution in [0, 0.1) is 0 Å². The van der Waals surface area contributed by atoms with Crippen LogP contribution in [0.2, 0.25) is 0 Å². The van der Waals surface area contributed by atoms with Gasteiger partial charge in [-0.15, -0.1) is 0 Å². The number of H-pyrrole nitrogens is 1. The van der Waals surface area contributed by atoms with Crippen LogP contribution in [0.1, 0.15) is 21.6 Å². The smallest absolute Gasteiger partial charge is 0.269 e. The van der Waals surface area contributed by atoms with Crippen LogP contribution < -0.4 is 11.0 Å². The van der Waals surface area contributed by atoms with Crippen LogP contribution in [0.5, 0.6) is 0 Å². The van der Waals surface area contributed by atoms with E-state index in [0.717, 1.165) is 23.9 Å². The standard InChI is InChI=1S/C16H12F3N5O3/c17-16(18,19)14-11(8-20-24(14)12-6-7-13(25)22-21-12)15(26)23-27-9-10-4-2-1-3-5-10/h1-8H,9H2,(H,22,25)(H,23,26). The zero-order valence-corrected chi connectivity index (χ0v) is 13.5. The van der Waals surface area contributed by atoms with Gasteiger partial charge in [0.25, 0.3) is 11.5 Å². The minimum Gasteiger partial charge on any atom is -0.269 e. The molecule has 2 N–H and O–H groups in total. The lowest BCUT2D eigenvalue weighted by atomic mass is 10.2. The van der Waals surface area contributed by atoms with Crippen molar-refractivity contribution >= 4 is 5.91 Å². The van der Waals surface area contributed by atoms with E-state index in [9.17, 15) is 22.8 Å². The Bertz CT molecular complexity index is 978. The Labute approximate surface area is 149 Å². The van der Waals surface area contributed by atoms with E-state index >= 15 is 0 Å². The van der Waals surface area contributed by atoms with Crippen LogP contribution in [-0.2, 0) is 17.6 Å². The number of aromatic nitrogens is 4. The maximum Gasteiger partial charge on any atom is 0.434 e. The van der Waals surface area contributed by atoms with Gasteiger partial charge in [-0.2, -0.15) is 23.4 Å². The van der Waals surface area contributed by atoms with E-state index in [1.165, 1.54) is 0 Å². The maximum absolute atomic E-state index is 13.5. The Morgan fingerprint density at radius 2 is 1.93 bits per heavy atom. The zero-order valence-electron chi connectivity index (χ0n) is 13.5. The van der Waals surface area contributed by atoms with E-state index in [0.29, 0.717) is 4.68 Å². The number of alkyl halides is 3. The highest BCUT2D eigenvalue weighted by molar-refractivity contribution is 5.94. The summed E-state index contributed by atoms with van der Waals surface area (Å²) >= 11 is 0. The molecule has 3 aromatic rings. The van der Waals surface area contributed by atoms with Crippen LogP contribution >= 0.6 is 0 Å². The van der Waals surface area contributed by atoms with Crippen LogP contribution in [0.3, 0.4) is 0 Å². The second-order valence-electron chi connectivity index (χ2n) is 5.30. The van der Waals surface area contributed by atoms with Gasteiger partial charge in [0.15, 0.2) is 11.5 Å². The summed E-state index contributed by atoms with van der Waals surface area (Å²) in [6, 6.07) is 10.8. The number of hydroxylamine groups is 1. The molecule has 0 bridgehead atoms. The largest absolute Gasteiger partial charge is 0.434 e. The van der Waals surface area contributed by atoms with Gasteiger partial charge in [-0.3, -0.25) is 14.4 Å². The van der Waals surface area contributed by atoms with Crippen LogP contribution in [-0.4, -0.2) is 25.9 Å². The third-order valence-corrected chi connectivity index (χ3v) is 3.41. The molecule has 140 valence electrons. The number of aromatic amines is 1. The van der Waals surface area contributed by atoms with Crippen molar-refractivity contribution in [3.63, 3.8) is 0 Å². The molecule has 0 aliphatic heterocycles. The highest BCUT2D eigenvalue weighted by Gasteiger charge is 2.41. The number of hydrogen-bond acceptors (Lipinski definition) is 5. The molecule has 0 saturated heterocycles. The first-order chi connectivity index (χ1) is 12.9. The second-order valence-corrected chi connectivity index (χ2v) is 5.30. The van der Waals surface area contributed by atoms with E-state index in [1.54, 1.807) is 30.3 Å². The fourth-order valence-electron chi connectivity index (χ4n) is 2.23. The summed E-state index contributed by atoms with van der Waals surface area (Å²) in [5.41, 5.74) is 0.00515. The predicted molar refractivity (Wildman–Crippen MR) is 85.7 cm³/mol. The lowest BCUT2D eigenvalue weighted by Gasteiger charge is -2.12. The van der Waals surface area contributed by atoms with Crippen molar-refractivity contribution in [1.82, 2.24) is 25.5 Å². The summed E-state index contributed by atoms with van der Waals surface area (Å²) in [4.78, 5) is 28.1. The number of halogens is 3. The minimum absolute atomic E-state index is 0.0243. The number of amides is 1. The average molecular weight is 379 g/mol. The molecule has 11 heteroatoms. The Balaban J connectivity index is 1.83. The topological polar surface area (TPSA) is 102 Å². The van der Waals surface area contributed by atoms with E-state index in [-0.39, 0.29) is 12.4 Å². The number of nitrogens with zero attached hydrogens (tertiary/aromatic N) is 3. The van der Waals surface area contributed by atoms with Crippen molar-refractivity contribution in [3.05, 3.63) is 75.8 Å². The average Bonchev–Trinajstić information content (AvgIpc) is 3.09. The number of carbonyl (C=O) groups excluding carboxylic acids is 1. The molecule has 1 aromatic carbocycles. The van der Waals surface area contributed by atoms with E-state index < -0.39 is 28.9 Å². The highest BCUT2D eigenvalue weighted by Crippen LogP contribution is 2.33. The molecule has 2 aromatic heterocycles.